The minimum atomic E-state index is 1.01. The molecule has 106 valence electrons. The Bertz CT molecular complexity index is 931. The lowest BCUT2D eigenvalue weighted by Crippen LogP contribution is -1.93. The number of aryl methyl sites for hydroxylation is 1. The van der Waals surface area contributed by atoms with Crippen molar-refractivity contribution in [3.63, 3.8) is 0 Å². The molecule has 2 nitrogen and oxygen atoms in total. The van der Waals surface area contributed by atoms with E-state index >= 15 is 0 Å². The summed E-state index contributed by atoms with van der Waals surface area (Å²) in [5, 5.41) is 7.21. The van der Waals surface area contributed by atoms with Crippen LogP contribution in [-0.2, 0) is 7.05 Å². The van der Waals surface area contributed by atoms with E-state index in [-0.39, 0.29) is 0 Å². The molecule has 0 atom stereocenters. The molecule has 0 saturated carbocycles. The van der Waals surface area contributed by atoms with Gasteiger partial charge >= 0.3 is 0 Å². The highest BCUT2D eigenvalue weighted by Gasteiger charge is 2.11. The van der Waals surface area contributed by atoms with Crippen molar-refractivity contribution in [2.24, 2.45) is 7.05 Å². The standard InChI is InChI=1S/C20H16N2/c1-22-20(16-9-3-2-4-10-16)14-19(21-22)18-13-7-11-15-8-5-6-12-17(15)18/h2-14H,1H3. The maximum Gasteiger partial charge on any atom is 0.0935 e. The van der Waals surface area contributed by atoms with Crippen molar-refractivity contribution in [3.05, 3.63) is 78.9 Å². The van der Waals surface area contributed by atoms with Gasteiger partial charge in [0.1, 0.15) is 0 Å². The van der Waals surface area contributed by atoms with Gasteiger partial charge in [-0.25, -0.2) is 0 Å². The molecule has 0 aliphatic heterocycles. The van der Waals surface area contributed by atoms with Gasteiger partial charge < -0.3 is 0 Å². The highest BCUT2D eigenvalue weighted by atomic mass is 15.3. The summed E-state index contributed by atoms with van der Waals surface area (Å²) in [7, 11) is 2.00. The van der Waals surface area contributed by atoms with E-state index in [1.54, 1.807) is 0 Å². The molecule has 4 aromatic rings. The van der Waals surface area contributed by atoms with Crippen LogP contribution < -0.4 is 0 Å². The summed E-state index contributed by atoms with van der Waals surface area (Å²) in [5.41, 5.74) is 4.50. The van der Waals surface area contributed by atoms with Gasteiger partial charge in [0.25, 0.3) is 0 Å². The third-order valence-corrected chi connectivity index (χ3v) is 4.01. The molecule has 1 heterocycles. The first kappa shape index (κ1) is 12.8. The fraction of sp³-hybridized carbons (Fsp3) is 0.0500. The lowest BCUT2D eigenvalue weighted by molar-refractivity contribution is 0.779. The van der Waals surface area contributed by atoms with Crippen LogP contribution in [0.5, 0.6) is 0 Å². The normalized spacial score (nSPS) is 11.0. The van der Waals surface area contributed by atoms with Crippen LogP contribution in [-0.4, -0.2) is 9.78 Å². The number of benzene rings is 3. The van der Waals surface area contributed by atoms with Crippen LogP contribution in [0.2, 0.25) is 0 Å². The topological polar surface area (TPSA) is 17.8 Å². The molecule has 0 N–H and O–H groups in total. The molecule has 2 heteroatoms. The Kier molecular flexibility index (Phi) is 3.01. The third kappa shape index (κ3) is 2.09. The molecule has 1 aromatic heterocycles. The molecule has 22 heavy (non-hydrogen) atoms. The Labute approximate surface area is 129 Å². The van der Waals surface area contributed by atoms with Gasteiger partial charge in [-0.2, -0.15) is 5.10 Å². The first-order valence-corrected chi connectivity index (χ1v) is 7.40. The van der Waals surface area contributed by atoms with E-state index in [0.717, 1.165) is 11.4 Å². The summed E-state index contributed by atoms with van der Waals surface area (Å²) in [6.07, 6.45) is 0. The van der Waals surface area contributed by atoms with Gasteiger partial charge in [0.15, 0.2) is 0 Å². The van der Waals surface area contributed by atoms with E-state index in [2.05, 4.69) is 72.8 Å². The maximum absolute atomic E-state index is 4.72. The Morgan fingerprint density at radius 1 is 0.773 bits per heavy atom. The summed E-state index contributed by atoms with van der Waals surface area (Å²) < 4.78 is 1.95. The average molecular weight is 284 g/mol. The molecule has 4 rings (SSSR count). The van der Waals surface area contributed by atoms with Gasteiger partial charge in [-0.1, -0.05) is 72.8 Å². The van der Waals surface area contributed by atoms with Crippen molar-refractivity contribution < 1.29 is 0 Å². The summed E-state index contributed by atoms with van der Waals surface area (Å²) in [6, 6.07) is 27.3. The Hall–Kier alpha value is -2.87. The molecule has 0 unspecified atom stereocenters. The van der Waals surface area contributed by atoms with Crippen LogP contribution >= 0.6 is 0 Å². The maximum atomic E-state index is 4.72. The summed E-state index contributed by atoms with van der Waals surface area (Å²) in [5.74, 6) is 0. The average Bonchev–Trinajstić information content (AvgIpc) is 2.97. The molecule has 3 aromatic carbocycles. The number of aromatic nitrogens is 2. The minimum absolute atomic E-state index is 1.01. The van der Waals surface area contributed by atoms with Crippen LogP contribution in [0.3, 0.4) is 0 Å². The second-order valence-corrected chi connectivity index (χ2v) is 5.43. The van der Waals surface area contributed by atoms with E-state index in [4.69, 9.17) is 5.10 Å². The molecular formula is C20H16N2. The second-order valence-electron chi connectivity index (χ2n) is 5.43. The molecule has 0 radical (unpaired) electrons. The monoisotopic (exact) mass is 284 g/mol. The van der Waals surface area contributed by atoms with Crippen LogP contribution in [0.1, 0.15) is 0 Å². The van der Waals surface area contributed by atoms with Gasteiger partial charge in [0.2, 0.25) is 0 Å². The smallest absolute Gasteiger partial charge is 0.0935 e. The predicted octanol–water partition coefficient (Wildman–Crippen LogP) is 4.91. The number of hydrogen-bond acceptors (Lipinski definition) is 1. The highest BCUT2D eigenvalue weighted by Crippen LogP contribution is 2.30. The van der Waals surface area contributed by atoms with E-state index < -0.39 is 0 Å². The molecule has 0 spiro atoms. The molecule has 0 bridgehead atoms. The summed E-state index contributed by atoms with van der Waals surface area (Å²) >= 11 is 0. The first-order chi connectivity index (χ1) is 10.8. The summed E-state index contributed by atoms with van der Waals surface area (Å²) in [4.78, 5) is 0. The predicted molar refractivity (Wildman–Crippen MR) is 91.6 cm³/mol. The zero-order chi connectivity index (χ0) is 14.9. The van der Waals surface area contributed by atoms with E-state index in [1.165, 1.54) is 21.9 Å². The Balaban J connectivity index is 1.90. The van der Waals surface area contributed by atoms with Crippen LogP contribution in [0.15, 0.2) is 78.9 Å². The zero-order valence-electron chi connectivity index (χ0n) is 12.4. The fourth-order valence-electron chi connectivity index (χ4n) is 2.93. The summed E-state index contributed by atoms with van der Waals surface area (Å²) in [6.45, 7) is 0. The molecule has 0 amide bonds. The van der Waals surface area contributed by atoms with Crippen molar-refractivity contribution >= 4 is 10.8 Å². The van der Waals surface area contributed by atoms with Crippen molar-refractivity contribution in [3.8, 4) is 22.5 Å². The fourth-order valence-corrected chi connectivity index (χ4v) is 2.93. The SMILES string of the molecule is Cn1nc(-c2cccc3ccccc23)cc1-c1ccccc1. The highest BCUT2D eigenvalue weighted by molar-refractivity contribution is 5.96. The van der Waals surface area contributed by atoms with E-state index in [0.29, 0.717) is 0 Å². The lowest BCUT2D eigenvalue weighted by Gasteiger charge is -2.03. The number of nitrogens with zero attached hydrogens (tertiary/aromatic N) is 2. The van der Waals surface area contributed by atoms with Gasteiger partial charge in [-0.3, -0.25) is 4.68 Å². The molecule has 0 fully saturated rings. The lowest BCUT2D eigenvalue weighted by atomic mass is 10.0. The molecule has 0 saturated heterocycles. The van der Waals surface area contributed by atoms with Crippen LogP contribution in [0.4, 0.5) is 0 Å². The van der Waals surface area contributed by atoms with Gasteiger partial charge in [-0.05, 0) is 22.4 Å². The molecule has 0 aliphatic rings. The molecule has 0 aliphatic carbocycles. The van der Waals surface area contributed by atoms with Crippen LogP contribution in [0, 0.1) is 0 Å². The third-order valence-electron chi connectivity index (χ3n) is 4.01. The van der Waals surface area contributed by atoms with Crippen LogP contribution in [0.25, 0.3) is 33.3 Å². The van der Waals surface area contributed by atoms with E-state index in [9.17, 15) is 0 Å². The minimum Gasteiger partial charge on any atom is -0.267 e. The zero-order valence-corrected chi connectivity index (χ0v) is 12.4. The van der Waals surface area contributed by atoms with Gasteiger partial charge in [0.05, 0.1) is 11.4 Å². The van der Waals surface area contributed by atoms with Gasteiger partial charge in [0, 0.05) is 12.6 Å². The first-order valence-electron chi connectivity index (χ1n) is 7.40. The number of fused-ring (bicyclic) bond motifs is 1. The van der Waals surface area contributed by atoms with Crippen molar-refractivity contribution in [2.75, 3.05) is 0 Å². The quantitative estimate of drug-likeness (QED) is 0.511. The van der Waals surface area contributed by atoms with Crippen molar-refractivity contribution in [2.45, 2.75) is 0 Å². The van der Waals surface area contributed by atoms with Crippen molar-refractivity contribution in [1.82, 2.24) is 9.78 Å². The number of rotatable bonds is 2. The second kappa shape index (κ2) is 5.15. The Morgan fingerprint density at radius 3 is 2.36 bits per heavy atom. The molecular weight excluding hydrogens is 268 g/mol. The van der Waals surface area contributed by atoms with E-state index in [1.807, 2.05) is 17.8 Å². The Morgan fingerprint density at radius 2 is 1.50 bits per heavy atom. The largest absolute Gasteiger partial charge is 0.267 e. The van der Waals surface area contributed by atoms with Gasteiger partial charge in [-0.15, -0.1) is 0 Å². The number of hydrogen-bond donors (Lipinski definition) is 0. The van der Waals surface area contributed by atoms with Crippen molar-refractivity contribution in [1.29, 1.82) is 0 Å².